The van der Waals surface area contributed by atoms with Gasteiger partial charge in [0, 0.05) is 5.69 Å². The smallest absolute Gasteiger partial charge is 0.306 e. The molecule has 0 atom stereocenters. The third-order valence-corrected chi connectivity index (χ3v) is 6.34. The first-order valence-corrected chi connectivity index (χ1v) is 9.29. The third-order valence-electron chi connectivity index (χ3n) is 2.44. The van der Waals surface area contributed by atoms with Gasteiger partial charge in [-0.15, -0.1) is 0 Å². The monoisotopic (exact) mass is 349 g/mol. The molecule has 21 heavy (non-hydrogen) atoms. The van der Waals surface area contributed by atoms with Crippen LogP contribution in [0.15, 0.2) is 38.2 Å². The van der Waals surface area contributed by atoms with Crippen molar-refractivity contribution < 1.29 is 16.8 Å². The lowest BCUT2D eigenvalue weighted by atomic mass is 10.3. The molecule has 8 nitrogen and oxygen atoms in total. The van der Waals surface area contributed by atoms with Crippen molar-refractivity contribution in [2.24, 2.45) is 5.14 Å². The number of H-pyrrole nitrogens is 1. The maximum Gasteiger partial charge on any atom is 0.306 e. The van der Waals surface area contributed by atoms with Gasteiger partial charge in [-0.25, -0.2) is 22.0 Å². The average Bonchev–Trinajstić information content (AvgIpc) is 2.68. The van der Waals surface area contributed by atoms with Crippen molar-refractivity contribution >= 4 is 37.1 Å². The van der Waals surface area contributed by atoms with Crippen LogP contribution in [0.3, 0.4) is 0 Å². The number of hydrogen-bond donors (Lipinski definition) is 3. The highest BCUT2D eigenvalue weighted by Crippen LogP contribution is 2.21. The Morgan fingerprint density at radius 1 is 1.24 bits per heavy atom. The van der Waals surface area contributed by atoms with E-state index >= 15 is 0 Å². The van der Waals surface area contributed by atoms with Gasteiger partial charge in [-0.1, -0.05) is 17.4 Å². The minimum Gasteiger partial charge on any atom is -0.315 e. The zero-order valence-corrected chi connectivity index (χ0v) is 13.1. The Kier molecular flexibility index (Phi) is 3.93. The molecule has 0 saturated carbocycles. The Morgan fingerprint density at radius 3 is 2.43 bits per heavy atom. The van der Waals surface area contributed by atoms with Crippen LogP contribution in [-0.2, 0) is 20.0 Å². The van der Waals surface area contributed by atoms with Crippen LogP contribution in [0.1, 0.15) is 5.69 Å². The van der Waals surface area contributed by atoms with E-state index in [1.807, 2.05) is 0 Å². The summed E-state index contributed by atoms with van der Waals surface area (Å²) in [6.45, 7) is 1.45. The van der Waals surface area contributed by atoms with Crippen LogP contribution in [0, 0.1) is 6.92 Å². The molecule has 0 aliphatic heterocycles. The molecular weight excluding hydrogens is 338 g/mol. The van der Waals surface area contributed by atoms with Crippen molar-refractivity contribution in [2.45, 2.75) is 16.0 Å². The zero-order valence-electron chi connectivity index (χ0n) is 10.7. The van der Waals surface area contributed by atoms with E-state index in [-0.39, 0.29) is 20.5 Å². The van der Waals surface area contributed by atoms with Crippen LogP contribution in [-0.4, -0.2) is 21.8 Å². The molecule has 1 heterocycles. The van der Waals surface area contributed by atoms with Crippen LogP contribution in [0.5, 0.6) is 0 Å². The van der Waals surface area contributed by atoms with Crippen LogP contribution in [0.25, 0.3) is 0 Å². The summed E-state index contributed by atoms with van der Waals surface area (Å²) in [4.78, 5) is 12.8. The molecule has 0 fully saturated rings. The van der Waals surface area contributed by atoms with Gasteiger partial charge in [0.05, 0.1) is 10.6 Å². The number of anilines is 1. The van der Waals surface area contributed by atoms with Gasteiger partial charge in [0.1, 0.15) is 0 Å². The molecule has 4 N–H and O–H groups in total. The number of primary sulfonamides is 1. The molecule has 0 saturated heterocycles. The fraction of sp³-hybridized carbons (Fsp3) is 0.100. The molecule has 114 valence electrons. The first kappa shape index (κ1) is 15.7. The van der Waals surface area contributed by atoms with Gasteiger partial charge in [0.25, 0.3) is 10.0 Å². The van der Waals surface area contributed by atoms with Crippen molar-refractivity contribution in [3.63, 3.8) is 0 Å². The molecule has 1 aromatic carbocycles. The van der Waals surface area contributed by atoms with Crippen molar-refractivity contribution in [3.8, 4) is 0 Å². The standard InChI is InChI=1S/C10H11N3O5S3/c1-6-9(19-10(14)12-6)21(17,18)13-7-3-2-4-8(5-7)20(11,15)16/h2-5,13H,1H3,(H,12,14)(H2,11,15,16). The SMILES string of the molecule is Cc1[nH]c(=O)sc1S(=O)(=O)Nc1cccc(S(N)(=O)=O)c1. The number of sulfonamides is 2. The normalized spacial score (nSPS) is 12.3. The quantitative estimate of drug-likeness (QED) is 0.723. The maximum absolute atomic E-state index is 12.2. The Morgan fingerprint density at radius 2 is 1.90 bits per heavy atom. The lowest BCUT2D eigenvalue weighted by molar-refractivity contribution is 0.596. The lowest BCUT2D eigenvalue weighted by Crippen LogP contribution is -2.15. The van der Waals surface area contributed by atoms with E-state index in [4.69, 9.17) is 5.14 Å². The fourth-order valence-electron chi connectivity index (χ4n) is 1.58. The summed E-state index contributed by atoms with van der Waals surface area (Å²) in [5, 5.41) is 4.98. The van der Waals surface area contributed by atoms with Crippen LogP contribution < -0.4 is 14.7 Å². The summed E-state index contributed by atoms with van der Waals surface area (Å²) in [5.74, 6) is 0. The summed E-state index contributed by atoms with van der Waals surface area (Å²) in [5.41, 5.74) is 0.238. The first-order chi connectivity index (χ1) is 9.59. The van der Waals surface area contributed by atoms with Crippen molar-refractivity contribution in [1.82, 2.24) is 4.98 Å². The Hall–Kier alpha value is -1.69. The fourth-order valence-corrected chi connectivity index (χ4v) is 4.50. The van der Waals surface area contributed by atoms with Gasteiger partial charge in [0.2, 0.25) is 10.0 Å². The van der Waals surface area contributed by atoms with Crippen LogP contribution >= 0.6 is 11.3 Å². The van der Waals surface area contributed by atoms with E-state index in [9.17, 15) is 21.6 Å². The first-order valence-electron chi connectivity index (χ1n) is 5.45. The molecule has 0 spiro atoms. The number of thiazole rings is 1. The molecule has 0 aliphatic rings. The number of aryl methyl sites for hydroxylation is 1. The van der Waals surface area contributed by atoms with Crippen LogP contribution in [0.2, 0.25) is 0 Å². The Labute approximate surface area is 124 Å². The molecule has 0 bridgehead atoms. The number of nitrogens with two attached hydrogens (primary N) is 1. The van der Waals surface area contributed by atoms with E-state index in [1.165, 1.54) is 25.1 Å². The van der Waals surface area contributed by atoms with Gasteiger partial charge in [-0.05, 0) is 25.1 Å². The Bertz CT molecular complexity index is 940. The van der Waals surface area contributed by atoms with Gasteiger partial charge in [-0.3, -0.25) is 9.52 Å². The van der Waals surface area contributed by atoms with Gasteiger partial charge >= 0.3 is 4.87 Å². The zero-order chi connectivity index (χ0) is 15.8. The van der Waals surface area contributed by atoms with Crippen molar-refractivity contribution in [3.05, 3.63) is 39.6 Å². The predicted octanol–water partition coefficient (Wildman–Crippen LogP) is 0.193. The number of aromatic nitrogens is 1. The number of hydrogen-bond acceptors (Lipinski definition) is 6. The molecule has 1 aromatic heterocycles. The largest absolute Gasteiger partial charge is 0.315 e. The second-order valence-corrected chi connectivity index (χ2v) is 8.53. The molecule has 0 aliphatic carbocycles. The summed E-state index contributed by atoms with van der Waals surface area (Å²) < 4.78 is 48.8. The van der Waals surface area contributed by atoms with E-state index in [1.54, 1.807) is 0 Å². The predicted molar refractivity (Wildman–Crippen MR) is 78.3 cm³/mol. The van der Waals surface area contributed by atoms with E-state index < -0.39 is 24.9 Å². The second-order valence-electron chi connectivity index (χ2n) is 4.11. The molecular formula is C10H11N3O5S3. The average molecular weight is 349 g/mol. The van der Waals surface area contributed by atoms with E-state index in [0.717, 1.165) is 6.07 Å². The summed E-state index contributed by atoms with van der Waals surface area (Å²) in [6, 6.07) is 5.06. The summed E-state index contributed by atoms with van der Waals surface area (Å²) >= 11 is 0.546. The highest BCUT2D eigenvalue weighted by Gasteiger charge is 2.21. The van der Waals surface area contributed by atoms with E-state index in [2.05, 4.69) is 9.71 Å². The number of benzene rings is 1. The molecule has 0 unspecified atom stereocenters. The van der Waals surface area contributed by atoms with Gasteiger partial charge in [-0.2, -0.15) is 0 Å². The molecule has 2 aromatic rings. The number of rotatable bonds is 4. The summed E-state index contributed by atoms with van der Waals surface area (Å²) in [7, 11) is -7.92. The number of nitrogens with one attached hydrogen (secondary N) is 2. The molecule has 11 heteroatoms. The lowest BCUT2D eigenvalue weighted by Gasteiger charge is -2.08. The van der Waals surface area contributed by atoms with Gasteiger partial charge in [0.15, 0.2) is 4.21 Å². The molecule has 2 rings (SSSR count). The second kappa shape index (κ2) is 5.26. The highest BCUT2D eigenvalue weighted by atomic mass is 32.2. The topological polar surface area (TPSA) is 139 Å². The van der Waals surface area contributed by atoms with Crippen molar-refractivity contribution in [1.29, 1.82) is 0 Å². The molecule has 0 radical (unpaired) electrons. The maximum atomic E-state index is 12.2. The summed E-state index contributed by atoms with van der Waals surface area (Å²) in [6.07, 6.45) is 0. The highest BCUT2D eigenvalue weighted by molar-refractivity contribution is 7.94. The minimum absolute atomic E-state index is 0.0294. The minimum atomic E-state index is -3.98. The van der Waals surface area contributed by atoms with Crippen molar-refractivity contribution in [2.75, 3.05) is 4.72 Å². The van der Waals surface area contributed by atoms with Crippen LogP contribution in [0.4, 0.5) is 5.69 Å². The number of aromatic amines is 1. The Balaban J connectivity index is 2.42. The molecule has 0 amide bonds. The van der Waals surface area contributed by atoms with Gasteiger partial charge < -0.3 is 4.98 Å². The third kappa shape index (κ3) is 3.50. The van der Waals surface area contributed by atoms with E-state index in [0.29, 0.717) is 11.3 Å².